The second kappa shape index (κ2) is 4.93. The standard InChI is InChI=1S/C11H19BO4/c1-7(2)10(13)8-5-6-9(15-8)16-11(3,4)12-14/h5-7,10,12-14H,1-4H3. The van der Waals surface area contributed by atoms with Crippen molar-refractivity contribution < 1.29 is 19.3 Å². The van der Waals surface area contributed by atoms with Gasteiger partial charge in [-0.25, -0.2) is 0 Å². The summed E-state index contributed by atoms with van der Waals surface area (Å²) in [5.41, 5.74) is -0.683. The fourth-order valence-electron chi connectivity index (χ4n) is 1.18. The van der Waals surface area contributed by atoms with Crippen molar-refractivity contribution in [2.24, 2.45) is 5.92 Å². The molecule has 5 heteroatoms. The fourth-order valence-corrected chi connectivity index (χ4v) is 1.18. The monoisotopic (exact) mass is 226 g/mol. The summed E-state index contributed by atoms with van der Waals surface area (Å²) in [4.78, 5) is 0. The number of hydrogen-bond donors (Lipinski definition) is 2. The van der Waals surface area contributed by atoms with Crippen molar-refractivity contribution in [2.45, 2.75) is 39.3 Å². The lowest BCUT2D eigenvalue weighted by Crippen LogP contribution is -2.35. The second-order valence-electron chi connectivity index (χ2n) is 4.87. The molecular weight excluding hydrogens is 207 g/mol. The van der Waals surface area contributed by atoms with Crippen molar-refractivity contribution in [1.29, 1.82) is 0 Å². The van der Waals surface area contributed by atoms with Crippen LogP contribution >= 0.6 is 0 Å². The Labute approximate surface area is 96.5 Å². The van der Waals surface area contributed by atoms with E-state index in [1.54, 1.807) is 26.0 Å². The molecule has 1 atom stereocenters. The molecule has 1 rings (SSSR count). The van der Waals surface area contributed by atoms with Crippen LogP contribution in [0.3, 0.4) is 0 Å². The molecule has 0 saturated heterocycles. The number of aliphatic hydroxyl groups is 1. The zero-order valence-electron chi connectivity index (χ0n) is 10.2. The maximum Gasteiger partial charge on any atom is 0.318 e. The normalized spacial score (nSPS) is 13.9. The van der Waals surface area contributed by atoms with Crippen LogP contribution in [0.4, 0.5) is 0 Å². The summed E-state index contributed by atoms with van der Waals surface area (Å²) in [6.45, 7) is 7.33. The lowest BCUT2D eigenvalue weighted by atomic mass is 9.78. The predicted octanol–water partition coefficient (Wildman–Crippen LogP) is 1.43. The molecule has 90 valence electrons. The predicted molar refractivity (Wildman–Crippen MR) is 62.6 cm³/mol. The van der Waals surface area contributed by atoms with Gasteiger partial charge in [-0.1, -0.05) is 13.8 Å². The van der Waals surface area contributed by atoms with E-state index in [1.807, 2.05) is 13.8 Å². The van der Waals surface area contributed by atoms with Gasteiger partial charge in [0.05, 0.1) is 0 Å². The zero-order chi connectivity index (χ0) is 12.3. The highest BCUT2D eigenvalue weighted by Crippen LogP contribution is 2.28. The molecule has 0 bridgehead atoms. The Morgan fingerprint density at radius 1 is 1.38 bits per heavy atom. The summed E-state index contributed by atoms with van der Waals surface area (Å²) in [6, 6.07) is 3.34. The van der Waals surface area contributed by atoms with Gasteiger partial charge in [-0.3, -0.25) is 0 Å². The summed E-state index contributed by atoms with van der Waals surface area (Å²) in [5.74, 6) is 0.886. The van der Waals surface area contributed by atoms with Crippen molar-refractivity contribution in [3.05, 3.63) is 17.9 Å². The molecule has 0 radical (unpaired) electrons. The second-order valence-corrected chi connectivity index (χ2v) is 4.87. The van der Waals surface area contributed by atoms with Crippen LogP contribution in [0.15, 0.2) is 16.5 Å². The van der Waals surface area contributed by atoms with Crippen LogP contribution < -0.4 is 4.74 Å². The van der Waals surface area contributed by atoms with Gasteiger partial charge in [-0.2, -0.15) is 0 Å². The van der Waals surface area contributed by atoms with Gasteiger partial charge in [-0.05, 0) is 25.8 Å². The third-order valence-electron chi connectivity index (χ3n) is 2.28. The Hall–Kier alpha value is -0.935. The van der Waals surface area contributed by atoms with E-state index in [4.69, 9.17) is 14.2 Å². The van der Waals surface area contributed by atoms with Gasteiger partial charge < -0.3 is 19.3 Å². The smallest absolute Gasteiger partial charge is 0.318 e. The van der Waals surface area contributed by atoms with E-state index in [-0.39, 0.29) is 13.4 Å². The topological polar surface area (TPSA) is 62.8 Å². The van der Waals surface area contributed by atoms with Crippen molar-refractivity contribution in [3.63, 3.8) is 0 Å². The number of hydrogen-bond acceptors (Lipinski definition) is 4. The van der Waals surface area contributed by atoms with E-state index < -0.39 is 11.6 Å². The molecule has 0 aromatic carbocycles. The van der Waals surface area contributed by atoms with Crippen molar-refractivity contribution >= 4 is 7.48 Å². The van der Waals surface area contributed by atoms with Crippen molar-refractivity contribution in [3.8, 4) is 5.95 Å². The summed E-state index contributed by atoms with van der Waals surface area (Å²) in [7, 11) is -0.101. The molecule has 2 N–H and O–H groups in total. The SMILES string of the molecule is CC(C)C(O)c1ccc(OC(C)(C)BO)o1. The highest BCUT2D eigenvalue weighted by Gasteiger charge is 2.23. The number of furan rings is 1. The first-order chi connectivity index (χ1) is 7.35. The molecule has 0 saturated carbocycles. The first-order valence-corrected chi connectivity index (χ1v) is 5.43. The molecule has 0 spiro atoms. The number of aliphatic hydroxyl groups excluding tert-OH is 1. The average Bonchev–Trinajstić information content (AvgIpc) is 2.64. The summed E-state index contributed by atoms with van der Waals surface area (Å²) >= 11 is 0. The minimum absolute atomic E-state index is 0.0878. The largest absolute Gasteiger partial charge is 0.465 e. The van der Waals surface area contributed by atoms with Crippen molar-refractivity contribution in [1.82, 2.24) is 0 Å². The third-order valence-corrected chi connectivity index (χ3v) is 2.28. The Morgan fingerprint density at radius 2 is 2.00 bits per heavy atom. The molecule has 1 aromatic heterocycles. The molecule has 1 aromatic rings. The number of ether oxygens (including phenoxy) is 1. The Balaban J connectivity index is 2.72. The molecule has 16 heavy (non-hydrogen) atoms. The molecular formula is C11H19BO4. The van der Waals surface area contributed by atoms with E-state index in [0.717, 1.165) is 0 Å². The van der Waals surface area contributed by atoms with Gasteiger partial charge in [0.2, 0.25) is 0 Å². The summed E-state index contributed by atoms with van der Waals surface area (Å²) in [5, 5.41) is 18.8. The fraction of sp³-hybridized carbons (Fsp3) is 0.636. The minimum atomic E-state index is -0.683. The number of rotatable bonds is 5. The van der Waals surface area contributed by atoms with Gasteiger partial charge in [0.25, 0.3) is 5.95 Å². The average molecular weight is 226 g/mol. The lowest BCUT2D eigenvalue weighted by Gasteiger charge is -2.20. The Bertz CT molecular complexity index is 332. The Morgan fingerprint density at radius 3 is 2.50 bits per heavy atom. The zero-order valence-corrected chi connectivity index (χ0v) is 10.2. The van der Waals surface area contributed by atoms with Crippen LogP contribution in [-0.4, -0.2) is 23.1 Å². The van der Waals surface area contributed by atoms with E-state index in [9.17, 15) is 5.11 Å². The van der Waals surface area contributed by atoms with Crippen molar-refractivity contribution in [2.75, 3.05) is 0 Å². The van der Waals surface area contributed by atoms with E-state index >= 15 is 0 Å². The van der Waals surface area contributed by atoms with Crippen LogP contribution in [0.5, 0.6) is 5.95 Å². The quantitative estimate of drug-likeness (QED) is 0.745. The molecule has 0 fully saturated rings. The van der Waals surface area contributed by atoms with Crippen LogP contribution in [0.25, 0.3) is 0 Å². The van der Waals surface area contributed by atoms with Gasteiger partial charge in [-0.15, -0.1) is 0 Å². The van der Waals surface area contributed by atoms with E-state index in [0.29, 0.717) is 11.7 Å². The van der Waals surface area contributed by atoms with E-state index in [2.05, 4.69) is 0 Å². The molecule has 4 nitrogen and oxygen atoms in total. The molecule has 0 aliphatic carbocycles. The molecule has 0 amide bonds. The van der Waals surface area contributed by atoms with Gasteiger partial charge in [0, 0.05) is 6.07 Å². The minimum Gasteiger partial charge on any atom is -0.465 e. The van der Waals surface area contributed by atoms with Crippen LogP contribution in [0.1, 0.15) is 39.6 Å². The highest BCUT2D eigenvalue weighted by molar-refractivity contribution is 6.29. The van der Waals surface area contributed by atoms with Gasteiger partial charge in [0.1, 0.15) is 17.4 Å². The third kappa shape index (κ3) is 3.28. The molecule has 0 aliphatic heterocycles. The molecule has 1 heterocycles. The van der Waals surface area contributed by atoms with Crippen LogP contribution in [0.2, 0.25) is 0 Å². The maximum absolute atomic E-state index is 9.77. The van der Waals surface area contributed by atoms with Crippen LogP contribution in [-0.2, 0) is 0 Å². The highest BCUT2D eigenvalue weighted by atomic mass is 16.6. The first-order valence-electron chi connectivity index (χ1n) is 5.43. The van der Waals surface area contributed by atoms with Crippen LogP contribution in [0, 0.1) is 5.92 Å². The molecule has 1 unspecified atom stereocenters. The van der Waals surface area contributed by atoms with E-state index in [1.165, 1.54) is 0 Å². The first kappa shape index (κ1) is 13.1. The summed E-state index contributed by atoms with van der Waals surface area (Å²) in [6.07, 6.45) is -0.630. The maximum atomic E-state index is 9.77. The lowest BCUT2D eigenvalue weighted by molar-refractivity contribution is 0.0842. The summed E-state index contributed by atoms with van der Waals surface area (Å²) < 4.78 is 10.8. The molecule has 0 aliphatic rings. The Kier molecular flexibility index (Phi) is 4.05. The van der Waals surface area contributed by atoms with Gasteiger partial charge in [0.15, 0.2) is 0 Å². The van der Waals surface area contributed by atoms with Gasteiger partial charge >= 0.3 is 7.48 Å².